The number of likely N-dealkylation sites (tertiary alicyclic amines) is 1. The molecule has 2 aromatic heterocycles. The number of aromatic nitrogens is 2. The van der Waals surface area contributed by atoms with Crippen molar-refractivity contribution in [1.82, 2.24) is 15.0 Å². The van der Waals surface area contributed by atoms with Crippen LogP contribution in [0.15, 0.2) is 47.1 Å². The largest absolute Gasteiger partial charge is 0.481 e. The number of hydrogen-bond donors (Lipinski definition) is 1. The van der Waals surface area contributed by atoms with Crippen molar-refractivity contribution in [3.63, 3.8) is 0 Å². The first kappa shape index (κ1) is 21.1. The Balaban J connectivity index is 1.59. The van der Waals surface area contributed by atoms with Crippen molar-refractivity contribution in [2.45, 2.75) is 69.9 Å². The highest BCUT2D eigenvalue weighted by Gasteiger charge is 2.55. The van der Waals surface area contributed by atoms with Crippen molar-refractivity contribution in [2.24, 2.45) is 5.92 Å². The Bertz CT molecular complexity index is 1110. The average molecular weight is 434 g/mol. The van der Waals surface area contributed by atoms with E-state index in [2.05, 4.69) is 34.1 Å². The molecular weight excluding hydrogens is 402 g/mol. The summed E-state index contributed by atoms with van der Waals surface area (Å²) < 4.78 is 5.53. The smallest absolute Gasteiger partial charge is 0.308 e. The molecule has 0 spiro atoms. The number of nitrogens with zero attached hydrogens (tertiary/aromatic N) is 3. The number of hydrogen-bond acceptors (Lipinski definition) is 5. The highest BCUT2D eigenvalue weighted by Crippen LogP contribution is 2.53. The van der Waals surface area contributed by atoms with Gasteiger partial charge in [-0.1, -0.05) is 36.7 Å². The number of carboxylic acids is 1. The van der Waals surface area contributed by atoms with Crippen molar-refractivity contribution in [3.8, 4) is 0 Å². The summed E-state index contributed by atoms with van der Waals surface area (Å²) in [5, 5.41) is 15.5. The molecule has 1 N–H and O–H groups in total. The van der Waals surface area contributed by atoms with E-state index in [1.165, 1.54) is 0 Å². The van der Waals surface area contributed by atoms with Gasteiger partial charge in [-0.3, -0.25) is 14.7 Å². The highest BCUT2D eigenvalue weighted by atomic mass is 16.5. The van der Waals surface area contributed by atoms with E-state index < -0.39 is 17.4 Å². The van der Waals surface area contributed by atoms with Gasteiger partial charge in [0.15, 0.2) is 0 Å². The lowest BCUT2D eigenvalue weighted by Crippen LogP contribution is -2.62. The number of rotatable bonds is 6. The zero-order valence-electron chi connectivity index (χ0n) is 18.8. The van der Waals surface area contributed by atoms with Crippen molar-refractivity contribution >= 4 is 16.9 Å². The molecule has 6 heteroatoms. The second-order valence-electron chi connectivity index (χ2n) is 9.47. The number of carboxylic acid groups (broad SMARTS) is 1. The molecule has 3 heterocycles. The van der Waals surface area contributed by atoms with Crippen LogP contribution in [-0.2, 0) is 10.3 Å². The van der Waals surface area contributed by atoms with Gasteiger partial charge in [-0.05, 0) is 63.3 Å². The SMILES string of the molecule is CCCC1(c2ccnc3ccccc23)C(C(=O)O)CCCN1C1CC(c2cc(C)no2)C1. The number of pyridine rings is 1. The third kappa shape index (κ3) is 3.32. The number of carbonyl (C=O) groups is 1. The molecule has 1 aliphatic carbocycles. The molecule has 2 atom stereocenters. The van der Waals surface area contributed by atoms with Gasteiger partial charge in [0, 0.05) is 29.6 Å². The van der Waals surface area contributed by atoms with Crippen molar-refractivity contribution in [2.75, 3.05) is 6.54 Å². The monoisotopic (exact) mass is 433 g/mol. The second kappa shape index (κ2) is 8.32. The molecule has 1 saturated carbocycles. The molecule has 6 nitrogen and oxygen atoms in total. The summed E-state index contributed by atoms with van der Waals surface area (Å²) in [4.78, 5) is 19.8. The predicted octanol–water partition coefficient (Wildman–Crippen LogP) is 5.27. The molecule has 0 radical (unpaired) electrons. The Morgan fingerprint density at radius 2 is 2.09 bits per heavy atom. The standard InChI is InChI=1S/C26H31N3O3/c1-3-11-26(21-10-12-27-23-9-5-4-7-20(21)23)22(25(30)31)8-6-13-29(26)19-15-18(16-19)24-14-17(2)28-32-24/h4-5,7,9-10,12,14,18-19,22H,3,6,8,11,13,15-16H2,1-2H3,(H,30,31). The van der Waals surface area contributed by atoms with Crippen LogP contribution in [0.5, 0.6) is 0 Å². The van der Waals surface area contributed by atoms with Crippen LogP contribution in [0.25, 0.3) is 10.9 Å². The molecular formula is C26H31N3O3. The van der Waals surface area contributed by atoms with Gasteiger partial charge in [0.1, 0.15) is 5.76 Å². The minimum atomic E-state index is -0.689. The number of aryl methyl sites for hydroxylation is 1. The van der Waals surface area contributed by atoms with E-state index in [9.17, 15) is 9.90 Å². The van der Waals surface area contributed by atoms with E-state index in [-0.39, 0.29) is 0 Å². The molecule has 0 bridgehead atoms. The molecule has 1 aliphatic heterocycles. The van der Waals surface area contributed by atoms with E-state index in [4.69, 9.17) is 4.52 Å². The van der Waals surface area contributed by atoms with Gasteiger partial charge >= 0.3 is 5.97 Å². The average Bonchev–Trinajstić information content (AvgIpc) is 3.19. The fraction of sp³-hybridized carbons (Fsp3) is 0.500. The van der Waals surface area contributed by atoms with Gasteiger partial charge in [0.2, 0.25) is 0 Å². The van der Waals surface area contributed by atoms with Crippen LogP contribution in [0.4, 0.5) is 0 Å². The first-order valence-corrected chi connectivity index (χ1v) is 11.8. The number of piperidine rings is 1. The van der Waals surface area contributed by atoms with E-state index in [0.717, 1.165) is 66.6 Å². The summed E-state index contributed by atoms with van der Waals surface area (Å²) in [6.07, 6.45) is 7.18. The molecule has 2 aliphatic rings. The van der Waals surface area contributed by atoms with E-state index >= 15 is 0 Å². The molecule has 3 aromatic rings. The number of para-hydroxylation sites is 1. The van der Waals surface area contributed by atoms with Crippen molar-refractivity contribution in [3.05, 3.63) is 59.6 Å². The Kier molecular flexibility index (Phi) is 5.49. The van der Waals surface area contributed by atoms with E-state index in [0.29, 0.717) is 18.4 Å². The lowest BCUT2D eigenvalue weighted by atomic mass is 9.65. The first-order chi connectivity index (χ1) is 15.5. The Morgan fingerprint density at radius 1 is 1.28 bits per heavy atom. The second-order valence-corrected chi connectivity index (χ2v) is 9.47. The topological polar surface area (TPSA) is 79.5 Å². The minimum absolute atomic E-state index is 0.339. The third-order valence-electron chi connectivity index (χ3n) is 7.63. The molecule has 0 amide bonds. The number of aliphatic carboxylic acids is 1. The summed E-state index contributed by atoms with van der Waals surface area (Å²) in [5.41, 5.74) is 2.43. The fourth-order valence-electron chi connectivity index (χ4n) is 6.24. The van der Waals surface area contributed by atoms with Gasteiger partial charge in [0.05, 0.1) is 22.7 Å². The predicted molar refractivity (Wildman–Crippen MR) is 122 cm³/mol. The maximum absolute atomic E-state index is 12.7. The normalized spacial score (nSPS) is 28.5. The van der Waals surface area contributed by atoms with Gasteiger partial charge in [-0.2, -0.15) is 0 Å². The van der Waals surface area contributed by atoms with Crippen molar-refractivity contribution < 1.29 is 14.4 Å². The zero-order chi connectivity index (χ0) is 22.3. The summed E-state index contributed by atoms with van der Waals surface area (Å²) in [7, 11) is 0. The van der Waals surface area contributed by atoms with Crippen LogP contribution in [0.2, 0.25) is 0 Å². The molecule has 2 unspecified atom stereocenters. The molecule has 2 fully saturated rings. The van der Waals surface area contributed by atoms with Gasteiger partial charge < -0.3 is 9.63 Å². The van der Waals surface area contributed by atoms with Gasteiger partial charge in [-0.25, -0.2) is 0 Å². The molecule has 1 saturated heterocycles. The summed E-state index contributed by atoms with van der Waals surface area (Å²) in [6.45, 7) is 5.04. The third-order valence-corrected chi connectivity index (χ3v) is 7.63. The minimum Gasteiger partial charge on any atom is -0.481 e. The molecule has 32 heavy (non-hydrogen) atoms. The maximum Gasteiger partial charge on any atom is 0.308 e. The maximum atomic E-state index is 12.7. The number of benzene rings is 1. The first-order valence-electron chi connectivity index (χ1n) is 11.8. The van der Waals surface area contributed by atoms with Crippen LogP contribution in [0.1, 0.15) is 68.4 Å². The summed E-state index contributed by atoms with van der Waals surface area (Å²) in [5.74, 6) is 0.195. The van der Waals surface area contributed by atoms with Crippen LogP contribution in [0, 0.1) is 12.8 Å². The number of fused-ring (bicyclic) bond motifs is 1. The Morgan fingerprint density at radius 3 is 2.81 bits per heavy atom. The highest BCUT2D eigenvalue weighted by molar-refractivity contribution is 5.84. The molecule has 1 aromatic carbocycles. The van der Waals surface area contributed by atoms with Crippen LogP contribution in [0.3, 0.4) is 0 Å². The lowest BCUT2D eigenvalue weighted by molar-refractivity contribution is -0.157. The lowest BCUT2D eigenvalue weighted by Gasteiger charge is -2.57. The van der Waals surface area contributed by atoms with Gasteiger partial charge in [-0.15, -0.1) is 0 Å². The molecule has 5 rings (SSSR count). The van der Waals surface area contributed by atoms with Crippen molar-refractivity contribution in [1.29, 1.82) is 0 Å². The van der Waals surface area contributed by atoms with Crippen LogP contribution < -0.4 is 0 Å². The van der Waals surface area contributed by atoms with Crippen LogP contribution >= 0.6 is 0 Å². The van der Waals surface area contributed by atoms with E-state index in [1.807, 2.05) is 37.4 Å². The van der Waals surface area contributed by atoms with E-state index in [1.54, 1.807) is 0 Å². The van der Waals surface area contributed by atoms with Crippen LogP contribution in [-0.4, -0.2) is 38.7 Å². The Hall–Kier alpha value is -2.73. The zero-order valence-corrected chi connectivity index (χ0v) is 18.8. The summed E-state index contributed by atoms with van der Waals surface area (Å²) in [6, 6.07) is 12.6. The quantitative estimate of drug-likeness (QED) is 0.570. The Labute approximate surface area is 188 Å². The van der Waals surface area contributed by atoms with Gasteiger partial charge in [0.25, 0.3) is 0 Å². The molecule has 168 valence electrons. The summed E-state index contributed by atoms with van der Waals surface area (Å²) >= 11 is 0. The fourth-order valence-corrected chi connectivity index (χ4v) is 6.24.